The van der Waals surface area contributed by atoms with Crippen LogP contribution in [-0.2, 0) is 17.9 Å². The van der Waals surface area contributed by atoms with E-state index in [0.717, 1.165) is 5.56 Å². The molecule has 3 aromatic rings. The highest BCUT2D eigenvalue weighted by atomic mass is 35.5. The molecule has 1 N–H and O–H groups in total. The smallest absolute Gasteiger partial charge is 0.273 e. The van der Waals surface area contributed by atoms with Crippen LogP contribution in [0.4, 0.5) is 5.95 Å². The van der Waals surface area contributed by atoms with Crippen molar-refractivity contribution in [3.63, 3.8) is 0 Å². The molecule has 3 rings (SSSR count). The number of benzene rings is 1. The molecule has 0 aliphatic rings. The highest BCUT2D eigenvalue weighted by Crippen LogP contribution is 2.19. The average Bonchev–Trinajstić information content (AvgIpc) is 3.14. The van der Waals surface area contributed by atoms with Crippen molar-refractivity contribution in [3.05, 3.63) is 56.7 Å². The minimum Gasteiger partial charge on any atom is -0.350 e. The second-order valence-corrected chi connectivity index (χ2v) is 7.37. The van der Waals surface area contributed by atoms with Crippen LogP contribution in [0.5, 0.6) is 0 Å². The molecule has 0 spiro atoms. The first-order valence-corrected chi connectivity index (χ1v) is 10.0. The van der Waals surface area contributed by atoms with Crippen LogP contribution < -0.4 is 15.8 Å². The third kappa shape index (κ3) is 4.31. The topological polar surface area (TPSA) is 67.2 Å². The van der Waals surface area contributed by atoms with Crippen LogP contribution >= 0.6 is 22.9 Å². The Balaban J connectivity index is 1.84. The Hall–Kier alpha value is -2.38. The second kappa shape index (κ2) is 8.54. The van der Waals surface area contributed by atoms with Crippen molar-refractivity contribution in [3.8, 4) is 0 Å². The van der Waals surface area contributed by atoms with Gasteiger partial charge in [0, 0.05) is 24.7 Å². The van der Waals surface area contributed by atoms with Gasteiger partial charge in [0.15, 0.2) is 0 Å². The molecule has 2 heterocycles. The van der Waals surface area contributed by atoms with E-state index in [0.29, 0.717) is 40.8 Å². The van der Waals surface area contributed by atoms with Gasteiger partial charge in [0.2, 0.25) is 11.9 Å². The number of anilines is 1. The van der Waals surface area contributed by atoms with Gasteiger partial charge in [-0.25, -0.2) is 4.98 Å². The molecule has 27 heavy (non-hydrogen) atoms. The van der Waals surface area contributed by atoms with Gasteiger partial charge in [0.25, 0.3) is 5.56 Å². The van der Waals surface area contributed by atoms with Crippen LogP contribution in [-0.4, -0.2) is 28.5 Å². The lowest BCUT2D eigenvalue weighted by molar-refractivity contribution is -0.121. The minimum atomic E-state index is -0.238. The molecule has 1 amide bonds. The van der Waals surface area contributed by atoms with Crippen molar-refractivity contribution >= 4 is 45.0 Å². The van der Waals surface area contributed by atoms with Gasteiger partial charge in [-0.3, -0.25) is 14.2 Å². The normalized spacial score (nSPS) is 10.9. The zero-order valence-corrected chi connectivity index (χ0v) is 16.8. The van der Waals surface area contributed by atoms with E-state index < -0.39 is 0 Å². The molecule has 6 nitrogen and oxygen atoms in total. The summed E-state index contributed by atoms with van der Waals surface area (Å²) >= 11 is 7.22. The predicted molar refractivity (Wildman–Crippen MR) is 111 cm³/mol. The number of thiophene rings is 1. The first-order chi connectivity index (χ1) is 13.0. The molecule has 0 saturated carbocycles. The fourth-order valence-corrected chi connectivity index (χ4v) is 3.73. The highest BCUT2D eigenvalue weighted by Gasteiger charge is 2.18. The summed E-state index contributed by atoms with van der Waals surface area (Å²) < 4.78 is 2.03. The first-order valence-electron chi connectivity index (χ1n) is 8.77. The van der Waals surface area contributed by atoms with Gasteiger partial charge in [0.05, 0.1) is 5.52 Å². The Kier molecular flexibility index (Phi) is 6.13. The molecule has 142 valence electrons. The van der Waals surface area contributed by atoms with Crippen LogP contribution in [0.15, 0.2) is 40.5 Å². The van der Waals surface area contributed by atoms with Crippen molar-refractivity contribution in [2.45, 2.75) is 26.9 Å². The van der Waals surface area contributed by atoms with Gasteiger partial charge in [-0.05, 0) is 43.0 Å². The molecule has 0 aliphatic carbocycles. The van der Waals surface area contributed by atoms with E-state index in [1.54, 1.807) is 12.1 Å². The summed E-state index contributed by atoms with van der Waals surface area (Å²) in [5.41, 5.74) is 1.43. The number of nitrogens with zero attached hydrogens (tertiary/aromatic N) is 3. The summed E-state index contributed by atoms with van der Waals surface area (Å²) in [4.78, 5) is 32.0. The monoisotopic (exact) mass is 404 g/mol. The minimum absolute atomic E-state index is 0.0703. The average molecular weight is 405 g/mol. The Morgan fingerprint density at radius 3 is 2.59 bits per heavy atom. The summed E-state index contributed by atoms with van der Waals surface area (Å²) in [6.45, 7) is 5.70. The van der Waals surface area contributed by atoms with E-state index in [1.165, 1.54) is 15.9 Å². The number of aromatic nitrogens is 2. The number of hydrogen-bond donors (Lipinski definition) is 1. The summed E-state index contributed by atoms with van der Waals surface area (Å²) in [7, 11) is 0. The van der Waals surface area contributed by atoms with Crippen LogP contribution in [0.25, 0.3) is 10.2 Å². The summed E-state index contributed by atoms with van der Waals surface area (Å²) in [6.07, 6.45) is 0. The fourth-order valence-electron chi connectivity index (χ4n) is 2.82. The van der Waals surface area contributed by atoms with Crippen molar-refractivity contribution in [2.24, 2.45) is 0 Å². The number of fused-ring (bicyclic) bond motifs is 1. The summed E-state index contributed by atoms with van der Waals surface area (Å²) in [5, 5.41) is 5.35. The molecule has 8 heteroatoms. The van der Waals surface area contributed by atoms with Gasteiger partial charge >= 0.3 is 0 Å². The fraction of sp³-hybridized carbons (Fsp3) is 0.316. The van der Waals surface area contributed by atoms with Crippen molar-refractivity contribution in [2.75, 3.05) is 18.0 Å². The number of carbonyl (C=O) groups is 1. The number of halogens is 1. The highest BCUT2D eigenvalue weighted by molar-refractivity contribution is 7.17. The maximum absolute atomic E-state index is 12.9. The molecule has 0 atom stereocenters. The molecule has 1 aromatic carbocycles. The number of amides is 1. The number of nitrogens with one attached hydrogen (secondary N) is 1. The molecule has 0 radical (unpaired) electrons. The van der Waals surface area contributed by atoms with Gasteiger partial charge in [-0.2, -0.15) is 0 Å². The molecule has 0 unspecified atom stereocenters. The Morgan fingerprint density at radius 2 is 1.93 bits per heavy atom. The van der Waals surface area contributed by atoms with Crippen LogP contribution in [0.1, 0.15) is 19.4 Å². The molecule has 0 saturated heterocycles. The molecular formula is C19H21ClN4O2S. The van der Waals surface area contributed by atoms with Gasteiger partial charge in [-0.1, -0.05) is 23.7 Å². The van der Waals surface area contributed by atoms with E-state index in [1.807, 2.05) is 42.3 Å². The lowest BCUT2D eigenvalue weighted by Gasteiger charge is -2.23. The molecule has 2 aromatic heterocycles. The van der Waals surface area contributed by atoms with Crippen LogP contribution in [0.2, 0.25) is 5.02 Å². The molecule has 0 aliphatic heterocycles. The Labute approximate surface area is 166 Å². The van der Waals surface area contributed by atoms with Crippen LogP contribution in [0.3, 0.4) is 0 Å². The number of carbonyl (C=O) groups excluding carboxylic acids is 1. The first kappa shape index (κ1) is 19.4. The lowest BCUT2D eigenvalue weighted by atomic mass is 10.2. The Bertz CT molecular complexity index is 993. The molecule has 0 bridgehead atoms. The van der Waals surface area contributed by atoms with E-state index in [9.17, 15) is 9.59 Å². The van der Waals surface area contributed by atoms with E-state index in [2.05, 4.69) is 10.3 Å². The second-order valence-electron chi connectivity index (χ2n) is 6.01. The van der Waals surface area contributed by atoms with Gasteiger partial charge in [-0.15, -0.1) is 11.3 Å². The van der Waals surface area contributed by atoms with Crippen molar-refractivity contribution in [1.82, 2.24) is 14.9 Å². The lowest BCUT2D eigenvalue weighted by Crippen LogP contribution is -2.37. The predicted octanol–water partition coefficient (Wildman–Crippen LogP) is 3.27. The summed E-state index contributed by atoms with van der Waals surface area (Å²) in [6, 6.07) is 9.10. The maximum Gasteiger partial charge on any atom is 0.273 e. The van der Waals surface area contributed by atoms with E-state index >= 15 is 0 Å². The number of hydrogen-bond acceptors (Lipinski definition) is 5. The van der Waals surface area contributed by atoms with E-state index in [-0.39, 0.29) is 18.0 Å². The SMILES string of the molecule is CCN(CC)c1nc2ccsc2c(=O)n1CC(=O)NCc1ccc(Cl)cc1. The molecular weight excluding hydrogens is 384 g/mol. The van der Waals surface area contributed by atoms with E-state index in [4.69, 9.17) is 11.6 Å². The Morgan fingerprint density at radius 1 is 1.22 bits per heavy atom. The third-order valence-corrected chi connectivity index (χ3v) is 5.44. The van der Waals surface area contributed by atoms with Gasteiger partial charge < -0.3 is 10.2 Å². The third-order valence-electron chi connectivity index (χ3n) is 4.30. The van der Waals surface area contributed by atoms with Crippen LogP contribution in [0, 0.1) is 0 Å². The number of rotatable bonds is 7. The zero-order chi connectivity index (χ0) is 19.4. The standard InChI is InChI=1S/C19H21ClN4O2S/c1-3-23(4-2)19-22-15-9-10-27-17(15)18(26)24(19)12-16(25)21-11-13-5-7-14(20)8-6-13/h5-10H,3-4,11-12H2,1-2H3,(H,21,25). The van der Waals surface area contributed by atoms with Crippen molar-refractivity contribution < 1.29 is 4.79 Å². The summed E-state index contributed by atoms with van der Waals surface area (Å²) in [5.74, 6) is 0.288. The van der Waals surface area contributed by atoms with Gasteiger partial charge in [0.1, 0.15) is 11.2 Å². The molecule has 0 fully saturated rings. The zero-order valence-electron chi connectivity index (χ0n) is 15.2. The quantitative estimate of drug-likeness (QED) is 0.656. The van der Waals surface area contributed by atoms with Crippen molar-refractivity contribution in [1.29, 1.82) is 0 Å². The maximum atomic E-state index is 12.9. The largest absolute Gasteiger partial charge is 0.350 e.